The maximum absolute atomic E-state index is 12.8. The molecule has 0 unspecified atom stereocenters. The van der Waals surface area contributed by atoms with Crippen molar-refractivity contribution in [3.63, 3.8) is 0 Å². The van der Waals surface area contributed by atoms with Crippen LogP contribution in [0.25, 0.3) is 0 Å². The molecular formula is C13H13FO4. The molecule has 0 aliphatic rings. The number of esters is 2. The molecule has 4 nitrogen and oxygen atoms in total. The zero-order valence-electron chi connectivity index (χ0n) is 9.89. The van der Waals surface area contributed by atoms with Crippen LogP contribution in [-0.4, -0.2) is 18.5 Å². The van der Waals surface area contributed by atoms with Crippen LogP contribution >= 0.6 is 0 Å². The van der Waals surface area contributed by atoms with Crippen molar-refractivity contribution in [2.24, 2.45) is 0 Å². The third-order valence-corrected chi connectivity index (χ3v) is 1.82. The molecule has 18 heavy (non-hydrogen) atoms. The van der Waals surface area contributed by atoms with Gasteiger partial charge in [0.15, 0.2) is 0 Å². The van der Waals surface area contributed by atoms with E-state index in [0.29, 0.717) is 13.0 Å². The molecule has 0 atom stereocenters. The molecule has 0 aliphatic carbocycles. The molecule has 0 saturated carbocycles. The molecule has 1 rings (SSSR count). The summed E-state index contributed by atoms with van der Waals surface area (Å²) in [6.07, 6.45) is 2.60. The molecule has 0 heterocycles. The number of rotatable bonds is 5. The van der Waals surface area contributed by atoms with Gasteiger partial charge in [0, 0.05) is 18.2 Å². The second kappa shape index (κ2) is 7.21. The van der Waals surface area contributed by atoms with E-state index >= 15 is 0 Å². The van der Waals surface area contributed by atoms with Gasteiger partial charge in [0.25, 0.3) is 0 Å². The first kappa shape index (κ1) is 13.9. The lowest BCUT2D eigenvalue weighted by atomic mass is 10.3. The first-order valence-corrected chi connectivity index (χ1v) is 5.44. The molecular weight excluding hydrogens is 239 g/mol. The second-order valence-electron chi connectivity index (χ2n) is 3.38. The van der Waals surface area contributed by atoms with Crippen LogP contribution in [0.4, 0.5) is 4.39 Å². The standard InChI is InChI=1S/C13H13FO4/c1-2-8-17-12(15)6-7-13(16)18-11-5-3-4-10(14)9-11/h3-7,9H,2,8H2,1H3/b7-6+. The van der Waals surface area contributed by atoms with Crippen LogP contribution in [0.3, 0.4) is 0 Å². The van der Waals surface area contributed by atoms with Gasteiger partial charge in [-0.2, -0.15) is 0 Å². The molecule has 0 spiro atoms. The minimum Gasteiger partial charge on any atom is -0.463 e. The van der Waals surface area contributed by atoms with Crippen molar-refractivity contribution in [3.8, 4) is 5.75 Å². The highest BCUT2D eigenvalue weighted by molar-refractivity contribution is 5.92. The Kier molecular flexibility index (Phi) is 5.57. The summed E-state index contributed by atoms with van der Waals surface area (Å²) in [7, 11) is 0. The van der Waals surface area contributed by atoms with Crippen LogP contribution in [0, 0.1) is 5.82 Å². The molecule has 0 fully saturated rings. The Morgan fingerprint density at radius 2 is 2.00 bits per heavy atom. The lowest BCUT2D eigenvalue weighted by Gasteiger charge is -2.00. The highest BCUT2D eigenvalue weighted by Crippen LogP contribution is 2.12. The minimum atomic E-state index is -0.769. The molecule has 0 radical (unpaired) electrons. The largest absolute Gasteiger partial charge is 0.463 e. The van der Waals surface area contributed by atoms with Crippen molar-refractivity contribution in [2.75, 3.05) is 6.61 Å². The quantitative estimate of drug-likeness (QED) is 0.458. The van der Waals surface area contributed by atoms with Crippen molar-refractivity contribution >= 4 is 11.9 Å². The van der Waals surface area contributed by atoms with Crippen LogP contribution in [0.5, 0.6) is 5.75 Å². The van der Waals surface area contributed by atoms with Crippen LogP contribution in [0.15, 0.2) is 36.4 Å². The van der Waals surface area contributed by atoms with Gasteiger partial charge in [0.2, 0.25) is 0 Å². The fraction of sp³-hybridized carbons (Fsp3) is 0.231. The van der Waals surface area contributed by atoms with Crippen molar-refractivity contribution in [2.45, 2.75) is 13.3 Å². The second-order valence-corrected chi connectivity index (χ2v) is 3.38. The summed E-state index contributed by atoms with van der Waals surface area (Å²) in [5.74, 6) is -1.82. The Balaban J connectivity index is 2.46. The van der Waals surface area contributed by atoms with Gasteiger partial charge in [-0.05, 0) is 18.6 Å². The summed E-state index contributed by atoms with van der Waals surface area (Å²) >= 11 is 0. The molecule has 0 aliphatic heterocycles. The smallest absolute Gasteiger partial charge is 0.336 e. The van der Waals surface area contributed by atoms with Crippen LogP contribution in [0.1, 0.15) is 13.3 Å². The van der Waals surface area contributed by atoms with Gasteiger partial charge < -0.3 is 9.47 Å². The van der Waals surface area contributed by atoms with Crippen LogP contribution in [-0.2, 0) is 14.3 Å². The summed E-state index contributed by atoms with van der Waals surface area (Å²) in [5, 5.41) is 0. The molecule has 0 amide bonds. The Morgan fingerprint density at radius 1 is 1.28 bits per heavy atom. The number of ether oxygens (including phenoxy) is 2. The number of hydrogen-bond acceptors (Lipinski definition) is 4. The number of benzene rings is 1. The summed E-state index contributed by atoms with van der Waals surface area (Å²) in [5.41, 5.74) is 0. The lowest BCUT2D eigenvalue weighted by Crippen LogP contribution is -2.07. The van der Waals surface area contributed by atoms with Gasteiger partial charge in [-0.15, -0.1) is 0 Å². The van der Waals surface area contributed by atoms with Gasteiger partial charge >= 0.3 is 11.9 Å². The van der Waals surface area contributed by atoms with Crippen LogP contribution < -0.4 is 4.74 Å². The summed E-state index contributed by atoms with van der Waals surface area (Å²) in [6, 6.07) is 5.15. The van der Waals surface area contributed by atoms with E-state index in [1.54, 1.807) is 0 Å². The predicted octanol–water partition coefficient (Wildman–Crippen LogP) is 2.24. The number of halogens is 1. The molecule has 0 N–H and O–H groups in total. The lowest BCUT2D eigenvalue weighted by molar-refractivity contribution is -0.138. The average Bonchev–Trinajstić information content (AvgIpc) is 2.34. The molecule has 0 bridgehead atoms. The average molecular weight is 252 g/mol. The van der Waals surface area contributed by atoms with E-state index in [-0.39, 0.29) is 5.75 Å². The molecule has 96 valence electrons. The zero-order valence-corrected chi connectivity index (χ0v) is 9.89. The summed E-state index contributed by atoms with van der Waals surface area (Å²) in [4.78, 5) is 22.3. The fourth-order valence-electron chi connectivity index (χ4n) is 1.07. The Hall–Kier alpha value is -2.17. The van der Waals surface area contributed by atoms with E-state index < -0.39 is 17.8 Å². The van der Waals surface area contributed by atoms with Gasteiger partial charge in [-0.1, -0.05) is 13.0 Å². The summed E-state index contributed by atoms with van der Waals surface area (Å²) in [6.45, 7) is 2.15. The molecule has 1 aromatic carbocycles. The normalized spacial score (nSPS) is 10.3. The van der Waals surface area contributed by atoms with Crippen molar-refractivity contribution in [1.82, 2.24) is 0 Å². The van der Waals surface area contributed by atoms with Gasteiger partial charge in [-0.3, -0.25) is 0 Å². The molecule has 5 heteroatoms. The van der Waals surface area contributed by atoms with E-state index in [4.69, 9.17) is 9.47 Å². The van der Waals surface area contributed by atoms with Crippen molar-refractivity contribution < 1.29 is 23.5 Å². The van der Waals surface area contributed by atoms with Crippen molar-refractivity contribution in [1.29, 1.82) is 0 Å². The number of carbonyl (C=O) groups is 2. The van der Waals surface area contributed by atoms with E-state index in [1.807, 2.05) is 6.92 Å². The predicted molar refractivity (Wildman–Crippen MR) is 62.4 cm³/mol. The van der Waals surface area contributed by atoms with E-state index in [0.717, 1.165) is 18.2 Å². The zero-order chi connectivity index (χ0) is 13.4. The highest BCUT2D eigenvalue weighted by atomic mass is 19.1. The Bertz CT molecular complexity index is 454. The third-order valence-electron chi connectivity index (χ3n) is 1.82. The highest BCUT2D eigenvalue weighted by Gasteiger charge is 2.03. The van der Waals surface area contributed by atoms with Gasteiger partial charge in [-0.25, -0.2) is 14.0 Å². The number of hydrogen-bond donors (Lipinski definition) is 0. The maximum Gasteiger partial charge on any atom is 0.336 e. The first-order chi connectivity index (χ1) is 8.61. The summed E-state index contributed by atoms with van der Waals surface area (Å²) < 4.78 is 22.3. The third kappa shape index (κ3) is 5.25. The molecule has 0 aromatic heterocycles. The van der Waals surface area contributed by atoms with Crippen LogP contribution in [0.2, 0.25) is 0 Å². The monoisotopic (exact) mass is 252 g/mol. The first-order valence-electron chi connectivity index (χ1n) is 5.44. The Morgan fingerprint density at radius 3 is 2.67 bits per heavy atom. The fourth-order valence-corrected chi connectivity index (χ4v) is 1.07. The van der Waals surface area contributed by atoms with E-state index in [2.05, 4.69) is 0 Å². The topological polar surface area (TPSA) is 52.6 Å². The molecule has 0 saturated heterocycles. The number of carbonyl (C=O) groups excluding carboxylic acids is 2. The van der Waals surface area contributed by atoms with Gasteiger partial charge in [0.05, 0.1) is 6.61 Å². The minimum absolute atomic E-state index is 0.0755. The van der Waals surface area contributed by atoms with Crippen molar-refractivity contribution in [3.05, 3.63) is 42.2 Å². The van der Waals surface area contributed by atoms with E-state index in [1.165, 1.54) is 18.2 Å². The maximum atomic E-state index is 12.8. The SMILES string of the molecule is CCCOC(=O)/C=C/C(=O)Oc1cccc(F)c1. The van der Waals surface area contributed by atoms with E-state index in [9.17, 15) is 14.0 Å². The Labute approximate surface area is 104 Å². The molecule has 1 aromatic rings. The van der Waals surface area contributed by atoms with Gasteiger partial charge in [0.1, 0.15) is 11.6 Å².